The number of amides is 3. The van der Waals surface area contributed by atoms with Crippen LogP contribution in [0.4, 0.5) is 4.79 Å². The van der Waals surface area contributed by atoms with Crippen LogP contribution in [0.25, 0.3) is 0 Å². The molecule has 0 heterocycles. The summed E-state index contributed by atoms with van der Waals surface area (Å²) in [7, 11) is 3.01. The summed E-state index contributed by atoms with van der Waals surface area (Å²) in [5.74, 6) is -1.81. The van der Waals surface area contributed by atoms with Crippen molar-refractivity contribution in [3.8, 4) is 0 Å². The first kappa shape index (κ1) is 16.2. The van der Waals surface area contributed by atoms with E-state index in [4.69, 9.17) is 15.6 Å². The molecule has 0 aromatic heterocycles. The molecule has 3 amide bonds. The van der Waals surface area contributed by atoms with E-state index >= 15 is 0 Å². The molecule has 0 radical (unpaired) electrons. The molecule has 8 nitrogen and oxygen atoms in total. The van der Waals surface area contributed by atoms with Crippen molar-refractivity contribution in [3.63, 3.8) is 0 Å². The maximum absolute atomic E-state index is 11.6. The van der Waals surface area contributed by atoms with Gasteiger partial charge < -0.3 is 25.8 Å². The van der Waals surface area contributed by atoms with E-state index in [1.807, 2.05) is 0 Å². The normalized spacial score (nSPS) is 11.7. The van der Waals surface area contributed by atoms with E-state index < -0.39 is 23.9 Å². The van der Waals surface area contributed by atoms with Gasteiger partial charge in [0.05, 0.1) is 6.61 Å². The van der Waals surface area contributed by atoms with Crippen molar-refractivity contribution in [1.82, 2.24) is 10.2 Å². The van der Waals surface area contributed by atoms with Crippen molar-refractivity contribution in [2.75, 3.05) is 27.3 Å². The standard InChI is InChI=1S/C10H19N3O5/c1-13(5-6-18-2)10(17)12-7(9(15)16)3-4-8(11)14/h7H,3-6H2,1-2H3,(H2,11,14)(H,12,17)(H,15,16)/t7-/m0/s1. The van der Waals surface area contributed by atoms with E-state index in [0.717, 1.165) is 0 Å². The van der Waals surface area contributed by atoms with E-state index in [2.05, 4.69) is 5.32 Å². The molecule has 18 heavy (non-hydrogen) atoms. The fourth-order valence-electron chi connectivity index (χ4n) is 1.13. The summed E-state index contributed by atoms with van der Waals surface area (Å²) in [6, 6.07) is -1.67. The molecule has 0 aromatic rings. The largest absolute Gasteiger partial charge is 0.480 e. The molecular weight excluding hydrogens is 242 g/mol. The molecule has 0 aliphatic carbocycles. The minimum atomic E-state index is -1.20. The van der Waals surface area contributed by atoms with Gasteiger partial charge in [-0.05, 0) is 6.42 Å². The average molecular weight is 261 g/mol. The summed E-state index contributed by atoms with van der Waals surface area (Å²) in [4.78, 5) is 34.3. The number of urea groups is 1. The minimum absolute atomic E-state index is 0.0332. The van der Waals surface area contributed by atoms with E-state index in [1.165, 1.54) is 19.1 Å². The highest BCUT2D eigenvalue weighted by Crippen LogP contribution is 1.98. The number of hydrogen-bond acceptors (Lipinski definition) is 4. The van der Waals surface area contributed by atoms with E-state index in [1.54, 1.807) is 0 Å². The number of nitrogens with zero attached hydrogens (tertiary/aromatic N) is 1. The SMILES string of the molecule is COCCN(C)C(=O)N[C@@H](CCC(N)=O)C(=O)O. The molecular formula is C10H19N3O5. The Balaban J connectivity index is 4.26. The van der Waals surface area contributed by atoms with Gasteiger partial charge in [-0.1, -0.05) is 0 Å². The second kappa shape index (κ2) is 8.29. The highest BCUT2D eigenvalue weighted by Gasteiger charge is 2.21. The maximum Gasteiger partial charge on any atom is 0.326 e. The van der Waals surface area contributed by atoms with Crippen LogP contribution in [0.3, 0.4) is 0 Å². The second-order valence-corrected chi connectivity index (χ2v) is 3.76. The highest BCUT2D eigenvalue weighted by atomic mass is 16.5. The first-order valence-corrected chi connectivity index (χ1v) is 5.40. The number of likely N-dealkylation sites (N-methyl/N-ethyl adjacent to an activating group) is 1. The van der Waals surface area contributed by atoms with E-state index in [9.17, 15) is 14.4 Å². The summed E-state index contributed by atoms with van der Waals surface area (Å²) < 4.78 is 4.79. The first-order valence-electron chi connectivity index (χ1n) is 5.40. The van der Waals surface area contributed by atoms with Gasteiger partial charge in [-0.3, -0.25) is 4.79 Å². The Hall–Kier alpha value is -1.83. The van der Waals surface area contributed by atoms with E-state index in [-0.39, 0.29) is 12.8 Å². The van der Waals surface area contributed by atoms with Crippen LogP contribution in [0.2, 0.25) is 0 Å². The maximum atomic E-state index is 11.6. The van der Waals surface area contributed by atoms with Crippen molar-refractivity contribution in [2.24, 2.45) is 5.73 Å². The zero-order valence-corrected chi connectivity index (χ0v) is 10.5. The van der Waals surface area contributed by atoms with Gasteiger partial charge in [0.2, 0.25) is 5.91 Å². The fourth-order valence-corrected chi connectivity index (χ4v) is 1.13. The van der Waals surface area contributed by atoms with Gasteiger partial charge in [0.1, 0.15) is 6.04 Å². The summed E-state index contributed by atoms with van der Waals surface area (Å²) >= 11 is 0. The summed E-state index contributed by atoms with van der Waals surface area (Å²) in [5, 5.41) is 11.2. The lowest BCUT2D eigenvalue weighted by Crippen LogP contribution is -2.47. The predicted molar refractivity (Wildman–Crippen MR) is 62.9 cm³/mol. The molecule has 1 atom stereocenters. The molecule has 0 saturated heterocycles. The van der Waals surface area contributed by atoms with Crippen LogP contribution in [0.1, 0.15) is 12.8 Å². The van der Waals surface area contributed by atoms with Crippen molar-refractivity contribution in [1.29, 1.82) is 0 Å². The lowest BCUT2D eigenvalue weighted by Gasteiger charge is -2.20. The Kier molecular flexibility index (Phi) is 7.45. The van der Waals surface area contributed by atoms with Gasteiger partial charge in [0.25, 0.3) is 0 Å². The third-order valence-corrected chi connectivity index (χ3v) is 2.25. The highest BCUT2D eigenvalue weighted by molar-refractivity contribution is 5.83. The Labute approximate surface area is 105 Å². The number of aliphatic carboxylic acids is 1. The minimum Gasteiger partial charge on any atom is -0.480 e. The number of nitrogens with two attached hydrogens (primary N) is 1. The van der Waals surface area contributed by atoms with Gasteiger partial charge >= 0.3 is 12.0 Å². The number of carboxylic acids is 1. The predicted octanol–water partition coefficient (Wildman–Crippen LogP) is -1.01. The van der Waals surface area contributed by atoms with Gasteiger partial charge in [0.15, 0.2) is 0 Å². The number of rotatable bonds is 8. The fraction of sp³-hybridized carbons (Fsp3) is 0.700. The van der Waals surface area contributed by atoms with Gasteiger partial charge in [0, 0.05) is 27.1 Å². The van der Waals surface area contributed by atoms with Crippen molar-refractivity contribution >= 4 is 17.9 Å². The molecule has 4 N–H and O–H groups in total. The molecule has 8 heteroatoms. The monoisotopic (exact) mass is 261 g/mol. The third-order valence-electron chi connectivity index (χ3n) is 2.25. The van der Waals surface area contributed by atoms with Crippen molar-refractivity contribution in [3.05, 3.63) is 0 Å². The van der Waals surface area contributed by atoms with Crippen LogP contribution in [0.15, 0.2) is 0 Å². The molecule has 0 fully saturated rings. The van der Waals surface area contributed by atoms with Crippen LogP contribution in [-0.2, 0) is 14.3 Å². The van der Waals surface area contributed by atoms with Crippen LogP contribution in [0.5, 0.6) is 0 Å². The average Bonchev–Trinajstić information content (AvgIpc) is 2.30. The topological polar surface area (TPSA) is 122 Å². The zero-order chi connectivity index (χ0) is 14.1. The number of carbonyl (C=O) groups is 3. The van der Waals surface area contributed by atoms with Crippen LogP contribution in [0, 0.1) is 0 Å². The molecule has 0 bridgehead atoms. The van der Waals surface area contributed by atoms with Crippen molar-refractivity contribution < 1.29 is 24.2 Å². The zero-order valence-electron chi connectivity index (χ0n) is 10.5. The summed E-state index contributed by atoms with van der Waals surface area (Å²) in [5.41, 5.74) is 4.93. The summed E-state index contributed by atoms with van der Waals surface area (Å²) in [6.45, 7) is 0.688. The quantitative estimate of drug-likeness (QED) is 0.517. The molecule has 0 spiro atoms. The number of carbonyl (C=O) groups excluding carboxylic acids is 2. The third kappa shape index (κ3) is 6.69. The number of hydrogen-bond donors (Lipinski definition) is 3. The van der Waals surface area contributed by atoms with Crippen LogP contribution in [-0.4, -0.2) is 61.3 Å². The number of nitrogens with one attached hydrogen (secondary N) is 1. The molecule has 0 aliphatic rings. The molecule has 0 saturated carbocycles. The van der Waals surface area contributed by atoms with E-state index in [0.29, 0.717) is 13.2 Å². The number of ether oxygens (including phenoxy) is 1. The number of methoxy groups -OCH3 is 1. The number of carboxylic acid groups (broad SMARTS) is 1. The second-order valence-electron chi connectivity index (χ2n) is 3.76. The summed E-state index contributed by atoms with van der Waals surface area (Å²) in [6.07, 6.45) is -0.131. The van der Waals surface area contributed by atoms with Crippen LogP contribution < -0.4 is 11.1 Å². The van der Waals surface area contributed by atoms with Gasteiger partial charge in [-0.25, -0.2) is 9.59 Å². The smallest absolute Gasteiger partial charge is 0.326 e. The molecule has 0 aliphatic heterocycles. The first-order chi connectivity index (χ1) is 8.38. The van der Waals surface area contributed by atoms with Gasteiger partial charge in [-0.15, -0.1) is 0 Å². The molecule has 0 aromatic carbocycles. The Morgan fingerprint density at radius 1 is 1.44 bits per heavy atom. The number of primary amides is 1. The molecule has 0 rings (SSSR count). The Bertz CT molecular complexity index is 308. The van der Waals surface area contributed by atoms with Crippen molar-refractivity contribution in [2.45, 2.75) is 18.9 Å². The Morgan fingerprint density at radius 3 is 2.50 bits per heavy atom. The lowest BCUT2D eigenvalue weighted by molar-refractivity contribution is -0.139. The van der Waals surface area contributed by atoms with Crippen LogP contribution >= 0.6 is 0 Å². The molecule has 104 valence electrons. The Morgan fingerprint density at radius 2 is 2.06 bits per heavy atom. The molecule has 0 unspecified atom stereocenters. The lowest BCUT2D eigenvalue weighted by atomic mass is 10.1. The van der Waals surface area contributed by atoms with Gasteiger partial charge in [-0.2, -0.15) is 0 Å².